The maximum atomic E-state index is 12.5. The molecule has 1 aliphatic rings. The molecule has 2 aromatic rings. The Morgan fingerprint density at radius 2 is 1.79 bits per heavy atom. The lowest BCUT2D eigenvalue weighted by atomic mass is 9.93. The van der Waals surface area contributed by atoms with E-state index in [1.54, 1.807) is 6.20 Å². The Balaban J connectivity index is 1.71. The van der Waals surface area contributed by atoms with Crippen LogP contribution >= 0.6 is 0 Å². The number of amides is 2. The summed E-state index contributed by atoms with van der Waals surface area (Å²) in [6.07, 6.45) is -1.32. The van der Waals surface area contributed by atoms with Crippen molar-refractivity contribution in [3.05, 3.63) is 65.9 Å². The fourth-order valence-corrected chi connectivity index (χ4v) is 3.04. The third kappa shape index (κ3) is 4.70. The van der Waals surface area contributed by atoms with Gasteiger partial charge in [-0.15, -0.1) is 13.2 Å². The van der Waals surface area contributed by atoms with Crippen LogP contribution in [-0.2, 0) is 9.59 Å². The number of fused-ring (bicyclic) bond motifs is 1. The Morgan fingerprint density at radius 1 is 1.11 bits per heavy atom. The standard InChI is InChI=1S/C20H17F3N2O3/c1-13(26)25-11-10-14-4-2-3-5-17(14)18(25)12-19(27)24-15-6-8-16(9-7-15)28-20(21,22)23/h2-11,18H,12H2,1H3,(H,24,27)/t18-/m1/s1. The molecule has 0 saturated carbocycles. The molecule has 0 saturated heterocycles. The first-order chi connectivity index (χ1) is 13.2. The number of nitrogens with one attached hydrogen (secondary N) is 1. The first kappa shape index (κ1) is 19.5. The van der Waals surface area contributed by atoms with Gasteiger partial charge >= 0.3 is 6.36 Å². The van der Waals surface area contributed by atoms with Crippen molar-refractivity contribution < 1.29 is 27.5 Å². The minimum absolute atomic E-state index is 0.00172. The van der Waals surface area contributed by atoms with Gasteiger partial charge < -0.3 is 15.0 Å². The molecule has 0 spiro atoms. The SMILES string of the molecule is CC(=O)N1C=Cc2ccccc2[C@H]1CC(=O)Nc1ccc(OC(F)(F)F)cc1. The van der Waals surface area contributed by atoms with Crippen LogP contribution in [0.5, 0.6) is 5.75 Å². The Kier molecular flexibility index (Phi) is 5.39. The van der Waals surface area contributed by atoms with Gasteiger partial charge in [0.25, 0.3) is 0 Å². The lowest BCUT2D eigenvalue weighted by molar-refractivity contribution is -0.274. The van der Waals surface area contributed by atoms with E-state index in [4.69, 9.17) is 0 Å². The van der Waals surface area contributed by atoms with Crippen LogP contribution in [0.15, 0.2) is 54.7 Å². The van der Waals surface area contributed by atoms with Gasteiger partial charge in [-0.1, -0.05) is 24.3 Å². The highest BCUT2D eigenvalue weighted by Gasteiger charge is 2.31. The Labute approximate surface area is 159 Å². The van der Waals surface area contributed by atoms with Crippen molar-refractivity contribution in [2.45, 2.75) is 25.7 Å². The second-order valence-corrected chi connectivity index (χ2v) is 6.21. The molecule has 1 atom stereocenters. The fourth-order valence-electron chi connectivity index (χ4n) is 3.04. The lowest BCUT2D eigenvalue weighted by Crippen LogP contribution is -2.33. The maximum absolute atomic E-state index is 12.5. The van der Waals surface area contributed by atoms with E-state index in [2.05, 4.69) is 10.1 Å². The molecule has 3 rings (SSSR count). The van der Waals surface area contributed by atoms with Crippen molar-refractivity contribution in [3.63, 3.8) is 0 Å². The van der Waals surface area contributed by atoms with Gasteiger partial charge in [0, 0.05) is 18.8 Å². The summed E-state index contributed by atoms with van der Waals surface area (Å²) < 4.78 is 40.4. The lowest BCUT2D eigenvalue weighted by Gasteiger charge is -2.32. The maximum Gasteiger partial charge on any atom is 0.573 e. The smallest absolute Gasteiger partial charge is 0.406 e. The largest absolute Gasteiger partial charge is 0.573 e. The average molecular weight is 390 g/mol. The summed E-state index contributed by atoms with van der Waals surface area (Å²) in [5, 5.41) is 2.63. The van der Waals surface area contributed by atoms with E-state index in [0.29, 0.717) is 5.69 Å². The summed E-state index contributed by atoms with van der Waals surface area (Å²) in [6.45, 7) is 1.42. The Bertz CT molecular complexity index is 908. The van der Waals surface area contributed by atoms with E-state index in [-0.39, 0.29) is 24.0 Å². The average Bonchev–Trinajstić information content (AvgIpc) is 2.62. The highest BCUT2D eigenvalue weighted by atomic mass is 19.4. The molecule has 0 aromatic heterocycles. The van der Waals surface area contributed by atoms with E-state index in [9.17, 15) is 22.8 Å². The summed E-state index contributed by atoms with van der Waals surface area (Å²) in [7, 11) is 0. The van der Waals surface area contributed by atoms with Crippen LogP contribution < -0.4 is 10.1 Å². The van der Waals surface area contributed by atoms with E-state index in [1.807, 2.05) is 30.3 Å². The van der Waals surface area contributed by atoms with Crippen LogP contribution in [0.2, 0.25) is 0 Å². The first-order valence-corrected chi connectivity index (χ1v) is 8.44. The van der Waals surface area contributed by atoms with Crippen LogP contribution in [0.25, 0.3) is 6.08 Å². The summed E-state index contributed by atoms with van der Waals surface area (Å²) in [4.78, 5) is 25.9. The number of rotatable bonds is 4. The third-order valence-electron chi connectivity index (χ3n) is 4.22. The van der Waals surface area contributed by atoms with Crippen LogP contribution in [0, 0.1) is 0 Å². The minimum atomic E-state index is -4.77. The molecule has 1 aliphatic heterocycles. The molecule has 5 nitrogen and oxygen atoms in total. The molecule has 146 valence electrons. The summed E-state index contributed by atoms with van der Waals surface area (Å²) in [6, 6.07) is 11.9. The number of carbonyl (C=O) groups is 2. The molecule has 1 heterocycles. The highest BCUT2D eigenvalue weighted by molar-refractivity contribution is 5.92. The number of benzene rings is 2. The molecule has 8 heteroatoms. The monoisotopic (exact) mass is 390 g/mol. The fraction of sp³-hybridized carbons (Fsp3) is 0.200. The normalized spacial score (nSPS) is 15.7. The second kappa shape index (κ2) is 7.75. The number of halogens is 3. The van der Waals surface area contributed by atoms with Crippen LogP contribution in [0.3, 0.4) is 0 Å². The molecule has 0 aliphatic carbocycles. The van der Waals surface area contributed by atoms with Gasteiger partial charge in [0.15, 0.2) is 0 Å². The molecular weight excluding hydrogens is 373 g/mol. The number of nitrogens with zero attached hydrogens (tertiary/aromatic N) is 1. The predicted molar refractivity (Wildman–Crippen MR) is 97.1 cm³/mol. The number of anilines is 1. The minimum Gasteiger partial charge on any atom is -0.406 e. The van der Waals surface area contributed by atoms with Crippen molar-refractivity contribution in [1.82, 2.24) is 4.90 Å². The van der Waals surface area contributed by atoms with Gasteiger partial charge in [-0.3, -0.25) is 9.59 Å². The number of hydrogen-bond acceptors (Lipinski definition) is 3. The van der Waals surface area contributed by atoms with Crippen molar-refractivity contribution in [2.24, 2.45) is 0 Å². The van der Waals surface area contributed by atoms with Gasteiger partial charge in [0.1, 0.15) is 5.75 Å². The second-order valence-electron chi connectivity index (χ2n) is 6.21. The van der Waals surface area contributed by atoms with Crippen molar-refractivity contribution in [2.75, 3.05) is 5.32 Å². The van der Waals surface area contributed by atoms with E-state index >= 15 is 0 Å². The Morgan fingerprint density at radius 3 is 2.43 bits per heavy atom. The van der Waals surface area contributed by atoms with Crippen molar-refractivity contribution in [3.8, 4) is 5.75 Å². The summed E-state index contributed by atoms with van der Waals surface area (Å²) in [5.41, 5.74) is 2.10. The van der Waals surface area contributed by atoms with Crippen LogP contribution in [-0.4, -0.2) is 23.1 Å². The van der Waals surface area contributed by atoms with Crippen molar-refractivity contribution >= 4 is 23.6 Å². The zero-order chi connectivity index (χ0) is 20.3. The molecule has 0 radical (unpaired) electrons. The molecular formula is C20H17F3N2O3. The van der Waals surface area contributed by atoms with Crippen LogP contribution in [0.1, 0.15) is 30.5 Å². The van der Waals surface area contributed by atoms with Gasteiger partial charge in [-0.2, -0.15) is 0 Å². The van der Waals surface area contributed by atoms with Gasteiger partial charge in [-0.05, 0) is 41.5 Å². The molecule has 28 heavy (non-hydrogen) atoms. The zero-order valence-corrected chi connectivity index (χ0v) is 14.9. The zero-order valence-electron chi connectivity index (χ0n) is 14.9. The molecule has 2 amide bonds. The molecule has 0 bridgehead atoms. The predicted octanol–water partition coefficient (Wildman–Crippen LogP) is 4.49. The number of hydrogen-bond donors (Lipinski definition) is 1. The van der Waals surface area contributed by atoms with Crippen LogP contribution in [0.4, 0.5) is 18.9 Å². The molecule has 0 unspecified atom stereocenters. The van der Waals surface area contributed by atoms with E-state index in [1.165, 1.54) is 24.0 Å². The van der Waals surface area contributed by atoms with E-state index in [0.717, 1.165) is 23.3 Å². The van der Waals surface area contributed by atoms with Gasteiger partial charge in [0.2, 0.25) is 11.8 Å². The number of carbonyl (C=O) groups excluding carboxylic acids is 2. The van der Waals surface area contributed by atoms with Crippen molar-refractivity contribution in [1.29, 1.82) is 0 Å². The number of alkyl halides is 3. The number of ether oxygens (including phenoxy) is 1. The topological polar surface area (TPSA) is 58.6 Å². The molecule has 1 N–H and O–H groups in total. The quantitative estimate of drug-likeness (QED) is 0.837. The highest BCUT2D eigenvalue weighted by Crippen LogP contribution is 2.33. The Hall–Kier alpha value is -3.29. The summed E-state index contributed by atoms with van der Waals surface area (Å²) in [5.74, 6) is -0.942. The summed E-state index contributed by atoms with van der Waals surface area (Å²) >= 11 is 0. The van der Waals surface area contributed by atoms with E-state index < -0.39 is 12.4 Å². The molecule has 2 aromatic carbocycles. The van der Waals surface area contributed by atoms with Gasteiger partial charge in [-0.25, -0.2) is 0 Å². The first-order valence-electron chi connectivity index (χ1n) is 8.44. The van der Waals surface area contributed by atoms with Gasteiger partial charge in [0.05, 0.1) is 12.5 Å². The third-order valence-corrected chi connectivity index (χ3v) is 4.22. The molecule has 0 fully saturated rings.